The van der Waals surface area contributed by atoms with Crippen molar-refractivity contribution < 1.29 is 4.74 Å². The highest BCUT2D eigenvalue weighted by atomic mass is 16.5. The predicted molar refractivity (Wildman–Crippen MR) is 100 cm³/mol. The van der Waals surface area contributed by atoms with Gasteiger partial charge >= 0.3 is 0 Å². The lowest BCUT2D eigenvalue weighted by Crippen LogP contribution is -1.89. The molecule has 0 atom stereocenters. The summed E-state index contributed by atoms with van der Waals surface area (Å²) in [6, 6.07) is 30.4. The quantitative estimate of drug-likeness (QED) is 0.479. The van der Waals surface area contributed by atoms with Crippen LogP contribution in [0.5, 0.6) is 11.5 Å². The van der Waals surface area contributed by atoms with Crippen molar-refractivity contribution in [3.63, 3.8) is 0 Å². The highest BCUT2D eigenvalue weighted by Gasteiger charge is 2.07. The number of rotatable bonds is 3. The second-order valence-electron chi connectivity index (χ2n) is 5.73. The minimum absolute atomic E-state index is 0.727. The average Bonchev–Trinajstić information content (AvgIpc) is 2.64. The Bertz CT molecular complexity index is 990. The Morgan fingerprint density at radius 3 is 2.17 bits per heavy atom. The molecule has 4 aromatic carbocycles. The molecule has 4 rings (SSSR count). The van der Waals surface area contributed by atoms with Crippen LogP contribution in [0, 0.1) is 0 Å². The zero-order chi connectivity index (χ0) is 16.4. The van der Waals surface area contributed by atoms with Crippen molar-refractivity contribution in [2.24, 2.45) is 0 Å². The van der Waals surface area contributed by atoms with E-state index >= 15 is 0 Å². The van der Waals surface area contributed by atoms with Crippen molar-refractivity contribution in [3.8, 4) is 22.6 Å². The third-order valence-electron chi connectivity index (χ3n) is 4.06. The summed E-state index contributed by atoms with van der Waals surface area (Å²) in [5, 5.41) is 2.45. The molecule has 0 radical (unpaired) electrons. The number of hydrogen-bond donors (Lipinski definition) is 1. The van der Waals surface area contributed by atoms with Crippen molar-refractivity contribution in [2.45, 2.75) is 0 Å². The number of para-hydroxylation sites is 1. The van der Waals surface area contributed by atoms with Crippen LogP contribution in [-0.4, -0.2) is 0 Å². The molecule has 0 fully saturated rings. The van der Waals surface area contributed by atoms with Crippen molar-refractivity contribution in [1.29, 1.82) is 0 Å². The van der Waals surface area contributed by atoms with Crippen molar-refractivity contribution in [3.05, 3.63) is 91.0 Å². The number of hydrogen-bond acceptors (Lipinski definition) is 2. The number of benzene rings is 4. The van der Waals surface area contributed by atoms with Gasteiger partial charge in [-0.25, -0.2) is 0 Å². The molecule has 116 valence electrons. The minimum atomic E-state index is 0.727. The van der Waals surface area contributed by atoms with Gasteiger partial charge in [0.25, 0.3) is 0 Å². The van der Waals surface area contributed by atoms with Crippen LogP contribution < -0.4 is 10.5 Å². The molecule has 0 spiro atoms. The summed E-state index contributed by atoms with van der Waals surface area (Å²) in [5.74, 6) is 1.61. The molecule has 0 aliphatic carbocycles. The van der Waals surface area contributed by atoms with Gasteiger partial charge in [-0.1, -0.05) is 54.6 Å². The maximum atomic E-state index is 6.08. The minimum Gasteiger partial charge on any atom is -0.457 e. The van der Waals surface area contributed by atoms with Gasteiger partial charge in [-0.15, -0.1) is 0 Å². The fraction of sp³-hybridized carbons (Fsp3) is 0. The fourth-order valence-electron chi connectivity index (χ4n) is 2.81. The van der Waals surface area contributed by atoms with E-state index in [1.54, 1.807) is 0 Å². The molecule has 0 bridgehead atoms. The fourth-order valence-corrected chi connectivity index (χ4v) is 2.81. The van der Waals surface area contributed by atoms with Crippen LogP contribution in [0.4, 0.5) is 5.69 Å². The summed E-state index contributed by atoms with van der Waals surface area (Å²) < 4.78 is 6.08. The molecule has 0 aliphatic heterocycles. The molecule has 2 N–H and O–H groups in total. The topological polar surface area (TPSA) is 35.2 Å². The lowest BCUT2D eigenvalue weighted by molar-refractivity contribution is 0.484. The summed E-state index contributed by atoms with van der Waals surface area (Å²) in [7, 11) is 0. The molecular weight excluding hydrogens is 294 g/mol. The zero-order valence-electron chi connectivity index (χ0n) is 13.1. The molecule has 2 nitrogen and oxygen atoms in total. The highest BCUT2D eigenvalue weighted by molar-refractivity contribution is 5.88. The van der Waals surface area contributed by atoms with Crippen LogP contribution in [0.15, 0.2) is 91.0 Å². The Hall–Kier alpha value is -3.26. The predicted octanol–water partition coefficient (Wildman–Crippen LogP) is 5.88. The smallest absolute Gasteiger partial charge is 0.135 e. The lowest BCUT2D eigenvalue weighted by Gasteiger charge is -2.12. The van der Waals surface area contributed by atoms with Crippen LogP contribution in [0.2, 0.25) is 0 Å². The van der Waals surface area contributed by atoms with E-state index in [4.69, 9.17) is 10.5 Å². The molecule has 0 saturated heterocycles. The molecule has 0 saturated carbocycles. The second kappa shape index (κ2) is 6.09. The van der Waals surface area contributed by atoms with Crippen molar-refractivity contribution in [1.82, 2.24) is 0 Å². The van der Waals surface area contributed by atoms with E-state index in [-0.39, 0.29) is 0 Å². The summed E-state index contributed by atoms with van der Waals surface area (Å²) in [6.45, 7) is 0. The SMILES string of the molecule is Nc1ccc(Oc2ccccc2-c2ccc3ccccc3c2)cc1. The molecule has 2 heteroatoms. The van der Waals surface area contributed by atoms with E-state index in [2.05, 4.69) is 48.5 Å². The number of ether oxygens (including phenoxy) is 1. The molecule has 0 aliphatic rings. The first kappa shape index (κ1) is 14.3. The van der Waals surface area contributed by atoms with E-state index in [9.17, 15) is 0 Å². The van der Waals surface area contributed by atoms with E-state index in [0.717, 1.165) is 28.3 Å². The Morgan fingerprint density at radius 2 is 1.33 bits per heavy atom. The van der Waals surface area contributed by atoms with Gasteiger partial charge in [-0.05, 0) is 52.7 Å². The first-order chi connectivity index (χ1) is 11.8. The number of anilines is 1. The van der Waals surface area contributed by atoms with Gasteiger partial charge in [0.1, 0.15) is 11.5 Å². The lowest BCUT2D eigenvalue weighted by atomic mass is 10.0. The summed E-state index contributed by atoms with van der Waals surface area (Å²) in [6.07, 6.45) is 0. The first-order valence-electron chi connectivity index (χ1n) is 7.91. The Labute approximate surface area is 141 Å². The third kappa shape index (κ3) is 2.82. The summed E-state index contributed by atoms with van der Waals surface area (Å²) in [4.78, 5) is 0. The maximum absolute atomic E-state index is 6.08. The largest absolute Gasteiger partial charge is 0.457 e. The molecule has 24 heavy (non-hydrogen) atoms. The second-order valence-corrected chi connectivity index (χ2v) is 5.73. The average molecular weight is 311 g/mol. The van der Waals surface area contributed by atoms with Crippen LogP contribution in [0.25, 0.3) is 21.9 Å². The molecule has 0 amide bonds. The van der Waals surface area contributed by atoms with Gasteiger partial charge in [0, 0.05) is 11.3 Å². The van der Waals surface area contributed by atoms with Gasteiger partial charge < -0.3 is 10.5 Å². The van der Waals surface area contributed by atoms with E-state index in [1.807, 2.05) is 42.5 Å². The van der Waals surface area contributed by atoms with Crippen LogP contribution in [-0.2, 0) is 0 Å². The van der Waals surface area contributed by atoms with Crippen LogP contribution in [0.1, 0.15) is 0 Å². The van der Waals surface area contributed by atoms with E-state index in [0.29, 0.717) is 0 Å². The van der Waals surface area contributed by atoms with Gasteiger partial charge in [0.15, 0.2) is 0 Å². The Morgan fingerprint density at radius 1 is 0.625 bits per heavy atom. The molecule has 0 aromatic heterocycles. The van der Waals surface area contributed by atoms with Crippen LogP contribution in [0.3, 0.4) is 0 Å². The van der Waals surface area contributed by atoms with Crippen molar-refractivity contribution in [2.75, 3.05) is 5.73 Å². The normalized spacial score (nSPS) is 10.7. The maximum Gasteiger partial charge on any atom is 0.135 e. The van der Waals surface area contributed by atoms with Gasteiger partial charge in [0.05, 0.1) is 0 Å². The van der Waals surface area contributed by atoms with Gasteiger partial charge in [-0.2, -0.15) is 0 Å². The number of nitrogen functional groups attached to an aromatic ring is 1. The van der Waals surface area contributed by atoms with Crippen molar-refractivity contribution >= 4 is 16.5 Å². The summed E-state index contributed by atoms with van der Waals surface area (Å²) in [5.41, 5.74) is 8.67. The molecular formula is C22H17NO. The van der Waals surface area contributed by atoms with Gasteiger partial charge in [0.2, 0.25) is 0 Å². The zero-order valence-corrected chi connectivity index (χ0v) is 13.1. The first-order valence-corrected chi connectivity index (χ1v) is 7.91. The standard InChI is InChI=1S/C22H17NO/c23-19-11-13-20(14-12-19)24-22-8-4-3-7-21(22)18-10-9-16-5-1-2-6-17(16)15-18/h1-15H,23H2. The molecule has 0 heterocycles. The number of fused-ring (bicyclic) bond motifs is 1. The molecule has 4 aromatic rings. The van der Waals surface area contributed by atoms with E-state index in [1.165, 1.54) is 10.8 Å². The molecule has 0 unspecified atom stereocenters. The Balaban J connectivity index is 1.76. The monoisotopic (exact) mass is 311 g/mol. The van der Waals surface area contributed by atoms with Crippen LogP contribution >= 0.6 is 0 Å². The number of nitrogens with two attached hydrogens (primary N) is 1. The van der Waals surface area contributed by atoms with Gasteiger partial charge in [-0.3, -0.25) is 0 Å². The highest BCUT2D eigenvalue weighted by Crippen LogP contribution is 2.34. The summed E-state index contributed by atoms with van der Waals surface area (Å²) >= 11 is 0. The van der Waals surface area contributed by atoms with E-state index < -0.39 is 0 Å². The third-order valence-corrected chi connectivity index (χ3v) is 4.06. The Kier molecular flexibility index (Phi) is 3.64.